The molecule has 0 bridgehead atoms. The molecule has 4 aromatic carbocycles. The van der Waals surface area contributed by atoms with E-state index in [0.717, 1.165) is 21.0 Å². The van der Waals surface area contributed by atoms with Crippen molar-refractivity contribution in [2.45, 2.75) is 37.8 Å². The van der Waals surface area contributed by atoms with E-state index in [0.29, 0.717) is 21.3 Å². The van der Waals surface area contributed by atoms with Crippen molar-refractivity contribution in [3.8, 4) is 0 Å². The van der Waals surface area contributed by atoms with Gasteiger partial charge in [-0.15, -0.1) is 0 Å². The van der Waals surface area contributed by atoms with Gasteiger partial charge in [0.25, 0.3) is 10.0 Å². The van der Waals surface area contributed by atoms with Crippen LogP contribution in [0.1, 0.15) is 22.3 Å². The van der Waals surface area contributed by atoms with Gasteiger partial charge in [0.1, 0.15) is 12.6 Å². The summed E-state index contributed by atoms with van der Waals surface area (Å²) in [4.78, 5) is 29.1. The summed E-state index contributed by atoms with van der Waals surface area (Å²) in [5, 5.41) is 3.64. The Bertz CT molecular complexity index is 1680. The zero-order valence-corrected chi connectivity index (χ0v) is 26.5. The van der Waals surface area contributed by atoms with Crippen LogP contribution in [0.25, 0.3) is 0 Å². The second kappa shape index (κ2) is 14.1. The number of carbonyl (C=O) groups is 2. The van der Waals surface area contributed by atoms with Crippen molar-refractivity contribution in [1.29, 1.82) is 0 Å². The SMILES string of the molecule is CNC(=O)[C@@H](Cc1ccccc1)N(Cc1ccc(Cl)cc1)C(=O)CN(c1ccc(Cl)cc1C)S(=O)(=O)c1ccc(C)cc1. The highest BCUT2D eigenvalue weighted by molar-refractivity contribution is 7.92. The maximum atomic E-state index is 14.3. The molecule has 0 aliphatic heterocycles. The molecule has 224 valence electrons. The molecule has 0 radical (unpaired) electrons. The molecule has 0 spiro atoms. The van der Waals surface area contributed by atoms with Crippen LogP contribution in [0.4, 0.5) is 5.69 Å². The quantitative estimate of drug-likeness (QED) is 0.212. The number of aryl methyl sites for hydroxylation is 2. The fourth-order valence-electron chi connectivity index (χ4n) is 4.76. The first-order valence-corrected chi connectivity index (χ1v) is 15.8. The summed E-state index contributed by atoms with van der Waals surface area (Å²) in [5.74, 6) is -0.925. The van der Waals surface area contributed by atoms with Crippen LogP contribution < -0.4 is 9.62 Å². The molecular formula is C33H33Cl2N3O4S. The molecule has 43 heavy (non-hydrogen) atoms. The van der Waals surface area contributed by atoms with Crippen molar-refractivity contribution in [2.75, 3.05) is 17.9 Å². The highest BCUT2D eigenvalue weighted by Gasteiger charge is 2.34. The lowest BCUT2D eigenvalue weighted by molar-refractivity contribution is -0.139. The Morgan fingerprint density at radius 1 is 0.814 bits per heavy atom. The smallest absolute Gasteiger partial charge is 0.264 e. The fourth-order valence-corrected chi connectivity index (χ4v) is 6.59. The molecule has 0 aliphatic rings. The molecule has 1 atom stereocenters. The van der Waals surface area contributed by atoms with Crippen LogP contribution in [-0.2, 0) is 32.6 Å². The largest absolute Gasteiger partial charge is 0.357 e. The number of nitrogens with zero attached hydrogens (tertiary/aromatic N) is 2. The van der Waals surface area contributed by atoms with Crippen molar-refractivity contribution in [2.24, 2.45) is 0 Å². The monoisotopic (exact) mass is 637 g/mol. The molecule has 0 fully saturated rings. The lowest BCUT2D eigenvalue weighted by Crippen LogP contribution is -2.53. The number of anilines is 1. The standard InChI is InChI=1S/C33H33Cl2N3O4S/c1-23-9-16-29(17-10-23)43(41,42)38(30-18-15-28(35)19-24(30)2)22-32(39)37(21-26-11-13-27(34)14-12-26)31(33(40)36-3)20-25-7-5-4-6-8-25/h4-19,31H,20-22H2,1-3H3,(H,36,40)/t31-/m1/s1. The van der Waals surface area contributed by atoms with E-state index in [9.17, 15) is 18.0 Å². The van der Waals surface area contributed by atoms with Gasteiger partial charge in [0.15, 0.2) is 0 Å². The Morgan fingerprint density at radius 2 is 1.44 bits per heavy atom. The lowest BCUT2D eigenvalue weighted by atomic mass is 10.0. The fraction of sp³-hybridized carbons (Fsp3) is 0.212. The maximum Gasteiger partial charge on any atom is 0.264 e. The van der Waals surface area contributed by atoms with Crippen LogP contribution in [0, 0.1) is 13.8 Å². The number of likely N-dealkylation sites (N-methyl/N-ethyl adjacent to an activating group) is 1. The number of carbonyl (C=O) groups excluding carboxylic acids is 2. The number of hydrogen-bond acceptors (Lipinski definition) is 4. The summed E-state index contributed by atoms with van der Waals surface area (Å²) in [5.41, 5.74) is 3.36. The normalized spacial score (nSPS) is 11.9. The number of hydrogen-bond donors (Lipinski definition) is 1. The van der Waals surface area contributed by atoms with E-state index < -0.39 is 28.5 Å². The third-order valence-electron chi connectivity index (χ3n) is 7.10. The number of nitrogens with one attached hydrogen (secondary N) is 1. The van der Waals surface area contributed by atoms with E-state index in [1.165, 1.54) is 24.1 Å². The van der Waals surface area contributed by atoms with Gasteiger partial charge in [-0.1, -0.05) is 83.4 Å². The minimum atomic E-state index is -4.20. The predicted molar refractivity (Wildman–Crippen MR) is 172 cm³/mol. The molecule has 0 saturated carbocycles. The molecule has 7 nitrogen and oxygen atoms in total. The van der Waals surface area contributed by atoms with Crippen LogP contribution in [0.15, 0.2) is 102 Å². The van der Waals surface area contributed by atoms with E-state index >= 15 is 0 Å². The molecule has 0 aromatic heterocycles. The molecule has 2 amide bonds. The van der Waals surface area contributed by atoms with Crippen molar-refractivity contribution in [3.05, 3.63) is 129 Å². The Labute approximate surface area is 263 Å². The van der Waals surface area contributed by atoms with E-state index in [1.807, 2.05) is 37.3 Å². The maximum absolute atomic E-state index is 14.3. The number of amides is 2. The molecule has 0 unspecified atom stereocenters. The van der Waals surface area contributed by atoms with Gasteiger partial charge in [-0.2, -0.15) is 0 Å². The second-order valence-electron chi connectivity index (χ2n) is 10.2. The molecule has 0 aliphatic carbocycles. The highest BCUT2D eigenvalue weighted by Crippen LogP contribution is 2.30. The Balaban J connectivity index is 1.81. The summed E-state index contributed by atoms with van der Waals surface area (Å²) < 4.78 is 29.3. The Kier molecular flexibility index (Phi) is 10.5. The average Bonchev–Trinajstić information content (AvgIpc) is 2.99. The van der Waals surface area contributed by atoms with Crippen molar-refractivity contribution >= 4 is 50.7 Å². The van der Waals surface area contributed by atoms with E-state index in [4.69, 9.17) is 23.2 Å². The molecule has 0 saturated heterocycles. The van der Waals surface area contributed by atoms with Crippen LogP contribution in [0.5, 0.6) is 0 Å². The molecular weight excluding hydrogens is 605 g/mol. The molecule has 4 rings (SSSR count). The first-order chi connectivity index (χ1) is 20.5. The van der Waals surface area contributed by atoms with Crippen LogP contribution in [0.2, 0.25) is 10.0 Å². The summed E-state index contributed by atoms with van der Waals surface area (Å²) in [7, 11) is -2.69. The lowest BCUT2D eigenvalue weighted by Gasteiger charge is -2.34. The van der Waals surface area contributed by atoms with Crippen LogP contribution in [0.3, 0.4) is 0 Å². The van der Waals surface area contributed by atoms with E-state index in [1.54, 1.807) is 61.5 Å². The first-order valence-electron chi connectivity index (χ1n) is 13.6. The van der Waals surface area contributed by atoms with Gasteiger partial charge in [-0.05, 0) is 73.0 Å². The Hall–Kier alpha value is -3.85. The zero-order valence-electron chi connectivity index (χ0n) is 24.1. The summed E-state index contributed by atoms with van der Waals surface area (Å²) in [6.45, 7) is 3.10. The number of benzene rings is 4. The van der Waals surface area contributed by atoms with Gasteiger partial charge >= 0.3 is 0 Å². The van der Waals surface area contributed by atoms with Gasteiger partial charge in [0.2, 0.25) is 11.8 Å². The summed E-state index contributed by atoms with van der Waals surface area (Å²) in [6.07, 6.45) is 0.227. The second-order valence-corrected chi connectivity index (χ2v) is 13.0. The zero-order chi connectivity index (χ0) is 31.1. The van der Waals surface area contributed by atoms with Crippen molar-refractivity contribution in [1.82, 2.24) is 10.2 Å². The third-order valence-corrected chi connectivity index (χ3v) is 9.36. The van der Waals surface area contributed by atoms with Gasteiger partial charge in [-0.25, -0.2) is 8.42 Å². The molecule has 0 heterocycles. The number of halogens is 2. The highest BCUT2D eigenvalue weighted by atomic mass is 35.5. The molecule has 10 heteroatoms. The summed E-state index contributed by atoms with van der Waals surface area (Å²) in [6, 6.07) is 26.6. The van der Waals surface area contributed by atoms with Gasteiger partial charge in [-0.3, -0.25) is 13.9 Å². The average molecular weight is 639 g/mol. The van der Waals surface area contributed by atoms with E-state index in [-0.39, 0.29) is 23.8 Å². The third kappa shape index (κ3) is 7.96. The molecule has 4 aromatic rings. The Morgan fingerprint density at radius 3 is 2.05 bits per heavy atom. The minimum absolute atomic E-state index is 0.0386. The summed E-state index contributed by atoms with van der Waals surface area (Å²) >= 11 is 12.3. The van der Waals surface area contributed by atoms with Crippen LogP contribution in [-0.4, -0.2) is 44.8 Å². The number of sulfonamides is 1. The minimum Gasteiger partial charge on any atom is -0.357 e. The predicted octanol–water partition coefficient (Wildman–Crippen LogP) is 6.19. The van der Waals surface area contributed by atoms with Gasteiger partial charge in [0, 0.05) is 30.1 Å². The first kappa shape index (κ1) is 32.1. The topological polar surface area (TPSA) is 86.8 Å². The van der Waals surface area contributed by atoms with Gasteiger partial charge in [0.05, 0.1) is 10.6 Å². The van der Waals surface area contributed by atoms with Crippen molar-refractivity contribution in [3.63, 3.8) is 0 Å². The molecule has 1 N–H and O–H groups in total. The van der Waals surface area contributed by atoms with Gasteiger partial charge < -0.3 is 10.2 Å². The number of rotatable bonds is 11. The van der Waals surface area contributed by atoms with Crippen LogP contribution >= 0.6 is 23.2 Å². The van der Waals surface area contributed by atoms with Crippen molar-refractivity contribution < 1.29 is 18.0 Å². The van der Waals surface area contributed by atoms with E-state index in [2.05, 4.69) is 5.32 Å².